The Morgan fingerprint density at radius 1 is 0.815 bits per heavy atom. The number of aliphatic imine (C=N–C) groups is 1. The van der Waals surface area contributed by atoms with E-state index in [1.807, 2.05) is 18.3 Å². The van der Waals surface area contributed by atoms with Crippen molar-refractivity contribution in [3.63, 3.8) is 0 Å². The highest BCUT2D eigenvalue weighted by Crippen LogP contribution is 2.12. The molecular formula is C24H43N2O+. The Hall–Kier alpha value is -1.35. The van der Waals surface area contributed by atoms with Crippen molar-refractivity contribution < 1.29 is 9.22 Å². The van der Waals surface area contributed by atoms with Crippen LogP contribution >= 0.6 is 0 Å². The van der Waals surface area contributed by atoms with Gasteiger partial charge >= 0.3 is 0 Å². The Morgan fingerprint density at radius 3 is 1.93 bits per heavy atom. The number of nitrogens with zero attached hydrogens (tertiary/aromatic N) is 2. The molecule has 1 rings (SSSR count). The predicted molar refractivity (Wildman–Crippen MR) is 119 cm³/mol. The third-order valence-corrected chi connectivity index (χ3v) is 4.79. The second-order valence-corrected chi connectivity index (χ2v) is 8.65. The Labute approximate surface area is 168 Å². The van der Waals surface area contributed by atoms with Gasteiger partial charge in [0.1, 0.15) is 18.9 Å². The number of hydrogen-bond donors (Lipinski definition) is 0. The first-order valence-corrected chi connectivity index (χ1v) is 11.0. The minimum absolute atomic E-state index is 0.746. The summed E-state index contributed by atoms with van der Waals surface area (Å²) in [4.78, 5) is 4.57. The van der Waals surface area contributed by atoms with E-state index < -0.39 is 0 Å². The number of rotatable bonds is 16. The van der Waals surface area contributed by atoms with Crippen molar-refractivity contribution in [2.75, 3.05) is 40.8 Å². The maximum Gasteiger partial charge on any atom is 0.137 e. The smallest absolute Gasteiger partial charge is 0.137 e. The van der Waals surface area contributed by atoms with Gasteiger partial charge in [-0.25, -0.2) is 0 Å². The van der Waals surface area contributed by atoms with E-state index in [4.69, 9.17) is 4.74 Å². The fourth-order valence-corrected chi connectivity index (χ4v) is 2.95. The van der Waals surface area contributed by atoms with Crippen LogP contribution in [0.2, 0.25) is 0 Å². The van der Waals surface area contributed by atoms with Gasteiger partial charge in [0.25, 0.3) is 0 Å². The van der Waals surface area contributed by atoms with Crippen molar-refractivity contribution >= 4 is 6.21 Å². The molecule has 27 heavy (non-hydrogen) atoms. The summed E-state index contributed by atoms with van der Waals surface area (Å²) in [7, 11) is 6.53. The van der Waals surface area contributed by atoms with Crippen LogP contribution in [0, 0.1) is 0 Å². The van der Waals surface area contributed by atoms with Crippen molar-refractivity contribution in [1.82, 2.24) is 0 Å². The average molecular weight is 376 g/mol. The summed E-state index contributed by atoms with van der Waals surface area (Å²) < 4.78 is 6.71. The van der Waals surface area contributed by atoms with Crippen molar-refractivity contribution in [1.29, 1.82) is 0 Å². The van der Waals surface area contributed by atoms with Crippen LogP contribution in [0.5, 0.6) is 5.75 Å². The molecule has 0 heterocycles. The lowest BCUT2D eigenvalue weighted by molar-refractivity contribution is -0.870. The molecule has 0 spiro atoms. The van der Waals surface area contributed by atoms with E-state index in [2.05, 4.69) is 45.2 Å². The zero-order valence-electron chi connectivity index (χ0n) is 18.4. The van der Waals surface area contributed by atoms with E-state index in [0.29, 0.717) is 0 Å². The molecule has 0 N–H and O–H groups in total. The normalized spacial score (nSPS) is 12.0. The van der Waals surface area contributed by atoms with E-state index >= 15 is 0 Å². The van der Waals surface area contributed by atoms with Crippen LogP contribution in [0.4, 0.5) is 0 Å². The molecule has 0 saturated carbocycles. The molecule has 0 amide bonds. The molecule has 0 saturated heterocycles. The number of hydrogen-bond acceptors (Lipinski definition) is 2. The molecule has 0 radical (unpaired) electrons. The van der Waals surface area contributed by atoms with Crippen molar-refractivity contribution in [2.24, 2.45) is 4.99 Å². The summed E-state index contributed by atoms with van der Waals surface area (Å²) in [5.41, 5.74) is 1.15. The summed E-state index contributed by atoms with van der Waals surface area (Å²) in [5, 5.41) is 0. The monoisotopic (exact) mass is 375 g/mol. The zero-order chi connectivity index (χ0) is 19.8. The maximum absolute atomic E-state index is 5.79. The summed E-state index contributed by atoms with van der Waals surface area (Å²) >= 11 is 0. The topological polar surface area (TPSA) is 21.6 Å². The minimum Gasteiger partial charge on any atom is -0.488 e. The van der Waals surface area contributed by atoms with Crippen molar-refractivity contribution in [3.8, 4) is 5.75 Å². The molecule has 0 aliphatic rings. The van der Waals surface area contributed by atoms with E-state index in [9.17, 15) is 0 Å². The van der Waals surface area contributed by atoms with Crippen LogP contribution in [-0.2, 0) is 0 Å². The summed E-state index contributed by atoms with van der Waals surface area (Å²) in [6, 6.07) is 8.25. The molecule has 0 aromatic heterocycles. The molecule has 3 nitrogen and oxygen atoms in total. The average Bonchev–Trinajstić information content (AvgIpc) is 2.63. The third kappa shape index (κ3) is 14.4. The predicted octanol–water partition coefficient (Wildman–Crippen LogP) is 6.11. The second-order valence-electron chi connectivity index (χ2n) is 8.65. The van der Waals surface area contributed by atoms with Gasteiger partial charge in [0.15, 0.2) is 0 Å². The van der Waals surface area contributed by atoms with Gasteiger partial charge < -0.3 is 9.22 Å². The van der Waals surface area contributed by atoms with E-state index in [-0.39, 0.29) is 0 Å². The van der Waals surface area contributed by atoms with Crippen LogP contribution in [0.25, 0.3) is 0 Å². The van der Waals surface area contributed by atoms with Gasteiger partial charge in [-0.3, -0.25) is 4.99 Å². The number of likely N-dealkylation sites (N-methyl/N-ethyl adjacent to an activating group) is 1. The largest absolute Gasteiger partial charge is 0.488 e. The maximum atomic E-state index is 5.79. The molecule has 1 aromatic rings. The summed E-state index contributed by atoms with van der Waals surface area (Å²) in [6.07, 6.45) is 15.7. The first kappa shape index (κ1) is 23.7. The van der Waals surface area contributed by atoms with E-state index in [1.165, 1.54) is 64.2 Å². The zero-order valence-corrected chi connectivity index (χ0v) is 18.4. The number of quaternary nitrogens is 1. The van der Waals surface area contributed by atoms with Crippen LogP contribution < -0.4 is 4.74 Å². The van der Waals surface area contributed by atoms with Crippen molar-refractivity contribution in [3.05, 3.63) is 29.8 Å². The Balaban J connectivity index is 2.04. The van der Waals surface area contributed by atoms with Gasteiger partial charge in [0, 0.05) is 12.8 Å². The van der Waals surface area contributed by atoms with Gasteiger partial charge in [-0.2, -0.15) is 0 Å². The fraction of sp³-hybridized carbons (Fsp3) is 0.708. The molecule has 0 atom stereocenters. The lowest BCUT2D eigenvalue weighted by Crippen LogP contribution is -2.38. The molecular weight excluding hydrogens is 332 g/mol. The van der Waals surface area contributed by atoms with Gasteiger partial charge in [-0.1, -0.05) is 64.7 Å². The lowest BCUT2D eigenvalue weighted by Gasteiger charge is -2.23. The first-order chi connectivity index (χ1) is 13.0. The second kappa shape index (κ2) is 14.7. The molecule has 1 aromatic carbocycles. The van der Waals surface area contributed by atoms with Gasteiger partial charge in [0.05, 0.1) is 21.1 Å². The lowest BCUT2D eigenvalue weighted by atomic mass is 10.1. The highest BCUT2D eigenvalue weighted by molar-refractivity contribution is 5.79. The molecule has 154 valence electrons. The number of benzene rings is 1. The van der Waals surface area contributed by atoms with E-state index in [1.54, 1.807) is 0 Å². The van der Waals surface area contributed by atoms with Gasteiger partial charge in [0.2, 0.25) is 0 Å². The first-order valence-electron chi connectivity index (χ1n) is 11.0. The Morgan fingerprint density at radius 2 is 1.37 bits per heavy atom. The standard InChI is InChI=1S/C24H43N2O/c1-5-6-7-8-9-10-11-12-13-14-19-25-22-23-15-17-24(18-16-23)27-21-20-26(2,3)4/h15-18,22H,5-14,19-21H2,1-4H3/q+1. The third-order valence-electron chi connectivity index (χ3n) is 4.79. The highest BCUT2D eigenvalue weighted by atomic mass is 16.5. The fourth-order valence-electron chi connectivity index (χ4n) is 2.95. The highest BCUT2D eigenvalue weighted by Gasteiger charge is 2.06. The number of ether oxygens (including phenoxy) is 1. The molecule has 0 bridgehead atoms. The minimum atomic E-state index is 0.746. The van der Waals surface area contributed by atoms with Crippen LogP contribution in [0.3, 0.4) is 0 Å². The van der Waals surface area contributed by atoms with Crippen LogP contribution in [-0.4, -0.2) is 51.5 Å². The summed E-state index contributed by atoms with van der Waals surface area (Å²) in [6.45, 7) is 4.97. The van der Waals surface area contributed by atoms with Gasteiger partial charge in [-0.05, 0) is 36.2 Å². The Kier molecular flexibility index (Phi) is 12.9. The van der Waals surface area contributed by atoms with Gasteiger partial charge in [-0.15, -0.1) is 0 Å². The molecule has 0 unspecified atom stereocenters. The number of unbranched alkanes of at least 4 members (excludes halogenated alkanes) is 9. The van der Waals surface area contributed by atoms with Crippen LogP contribution in [0.15, 0.2) is 29.3 Å². The SMILES string of the molecule is CCCCCCCCCCCCN=Cc1ccc(OCC[N+](C)(C)C)cc1. The van der Waals surface area contributed by atoms with Crippen LogP contribution in [0.1, 0.15) is 76.7 Å². The molecule has 0 aliphatic heterocycles. The molecule has 0 fully saturated rings. The Bertz CT molecular complexity index is 488. The van der Waals surface area contributed by atoms with Crippen molar-refractivity contribution in [2.45, 2.75) is 71.1 Å². The van der Waals surface area contributed by atoms with E-state index in [0.717, 1.165) is 35.5 Å². The quantitative estimate of drug-likeness (QED) is 0.194. The molecule has 0 aliphatic carbocycles. The molecule has 3 heteroatoms. The summed E-state index contributed by atoms with van der Waals surface area (Å²) in [5.74, 6) is 0.940.